The molecule has 2 aliphatic rings. The highest BCUT2D eigenvalue weighted by atomic mass is 32.1. The first-order valence-electron chi connectivity index (χ1n) is 29.9. The van der Waals surface area contributed by atoms with E-state index in [1.807, 2.05) is 48.5 Å². The number of aromatic nitrogens is 4. The number of unbranched alkanes of at least 4 members (excludes halogenated alkanes) is 2. The molecule has 0 radical (unpaired) electrons. The average Bonchev–Trinajstić information content (AvgIpc) is 1.51. The zero-order valence-corrected chi connectivity index (χ0v) is 55.5. The van der Waals surface area contributed by atoms with Gasteiger partial charge in [0, 0.05) is 86.5 Å². The molecule has 0 fully saturated rings. The molecule has 2 aliphatic carbocycles. The molecule has 0 spiro atoms. The molecule has 452 valence electrons. The number of thiophene rings is 6. The van der Waals surface area contributed by atoms with E-state index in [2.05, 4.69) is 50.7 Å². The summed E-state index contributed by atoms with van der Waals surface area (Å²) in [6, 6.07) is 18.7. The first-order chi connectivity index (χ1) is 44.1. The van der Waals surface area contributed by atoms with Crippen molar-refractivity contribution in [3.8, 4) is 43.8 Å². The monoisotopic (exact) mass is 1330 g/mol. The molecule has 0 N–H and O–H groups in total. The minimum atomic E-state index is -1.19. The van der Waals surface area contributed by atoms with Crippen LogP contribution in [0.5, 0.6) is 0 Å². The van der Waals surface area contributed by atoms with Crippen molar-refractivity contribution in [3.05, 3.63) is 137 Å². The number of halogens is 4. The Labute approximate surface area is 547 Å². The Morgan fingerprint density at radius 3 is 1.26 bits per heavy atom. The van der Waals surface area contributed by atoms with E-state index in [0.717, 1.165) is 152 Å². The molecule has 2 atom stereocenters. The van der Waals surface area contributed by atoms with E-state index in [1.54, 1.807) is 57.5 Å². The third-order valence-electron chi connectivity index (χ3n) is 18.0. The van der Waals surface area contributed by atoms with Crippen molar-refractivity contribution >= 4 is 187 Å². The van der Waals surface area contributed by atoms with Gasteiger partial charge in [0.25, 0.3) is 0 Å². The first kappa shape index (κ1) is 60.3. The van der Waals surface area contributed by atoms with Crippen LogP contribution in [0.4, 0.5) is 17.6 Å². The van der Waals surface area contributed by atoms with Crippen molar-refractivity contribution in [2.24, 2.45) is 11.8 Å². The maximum Gasteiger partial charge on any atom is 0.194 e. The molecule has 0 amide bonds. The normalized spacial score (nSPS) is 14.8. The van der Waals surface area contributed by atoms with Crippen LogP contribution in [-0.2, 0) is 13.1 Å². The van der Waals surface area contributed by atoms with Crippen LogP contribution in [-0.4, -0.2) is 29.4 Å². The number of rotatable bonds is 16. The van der Waals surface area contributed by atoms with Crippen molar-refractivity contribution in [1.82, 2.24) is 17.9 Å². The second-order valence-corrected chi connectivity index (χ2v) is 30.0. The number of nitriles is 4. The number of hydrogen-bond acceptors (Lipinski definition) is 15. The zero-order chi connectivity index (χ0) is 63.6. The number of aryl methyl sites for hydroxylation is 2. The van der Waals surface area contributed by atoms with Crippen molar-refractivity contribution in [3.63, 3.8) is 0 Å². The summed E-state index contributed by atoms with van der Waals surface area (Å²) in [7, 11) is 0. The number of carbonyl (C=O) groups is 2. The standard InChI is InChI=1S/C70H50F4N8O2S7/c1-7-11-13-33(9-3)29-81-57-53(67-59(81)69-65(89-67)31(5)63(87-69)49-17-15-37(85-49)19-43-51(35(25-75)26-76)39-21-45(71)47(73)23-41(39)61(43)83)55-56(80-91-79-55)54-58(57)82(30-34(10-4)14-12-8-2)60-68(54)90-66-32(6)64(88-70(60)66)50-18-16-38(86-50)20-44-52(36(27-77)28-78)40-22-46(72)48(74)24-42(40)62(44)84/h15-24,33-34H,7-14,29-30H2,1-6H3/b43-19-,44-20-. The van der Waals surface area contributed by atoms with Gasteiger partial charge >= 0.3 is 0 Å². The number of allylic oxidation sites excluding steroid dienone is 6. The quantitative estimate of drug-likeness (QED) is 0.0524. The predicted molar refractivity (Wildman–Crippen MR) is 366 cm³/mol. The third-order valence-corrected chi connectivity index (χ3v) is 26.5. The summed E-state index contributed by atoms with van der Waals surface area (Å²) in [5.41, 5.74) is 7.80. The number of benzene rings is 3. The molecule has 9 aromatic heterocycles. The van der Waals surface area contributed by atoms with Gasteiger partial charge in [-0.3, -0.25) is 9.59 Å². The summed E-state index contributed by atoms with van der Waals surface area (Å²) < 4.78 is 81.2. The van der Waals surface area contributed by atoms with E-state index >= 15 is 0 Å². The van der Waals surface area contributed by atoms with Gasteiger partial charge in [0.2, 0.25) is 0 Å². The molecule has 9 heterocycles. The minimum Gasteiger partial charge on any atom is -0.337 e. The van der Waals surface area contributed by atoms with Crippen LogP contribution in [0, 0.1) is 94.3 Å². The average molecular weight is 1340 g/mol. The van der Waals surface area contributed by atoms with Crippen molar-refractivity contribution < 1.29 is 27.2 Å². The molecule has 21 heteroatoms. The van der Waals surface area contributed by atoms with Crippen LogP contribution in [0.15, 0.2) is 70.8 Å². The van der Waals surface area contributed by atoms with Gasteiger partial charge in [-0.05, 0) is 121 Å². The second-order valence-electron chi connectivity index (χ2n) is 23.2. The van der Waals surface area contributed by atoms with E-state index < -0.39 is 34.8 Å². The Morgan fingerprint density at radius 2 is 0.901 bits per heavy atom. The number of ketones is 2. The fourth-order valence-electron chi connectivity index (χ4n) is 13.4. The molecule has 3 aromatic carbocycles. The molecule has 0 bridgehead atoms. The lowest BCUT2D eigenvalue weighted by atomic mass is 9.99. The Kier molecular flexibility index (Phi) is 15.6. The summed E-state index contributed by atoms with van der Waals surface area (Å²) in [5.74, 6) is -5.20. The summed E-state index contributed by atoms with van der Waals surface area (Å²) in [4.78, 5) is 33.3. The highest BCUT2D eigenvalue weighted by Crippen LogP contribution is 2.57. The van der Waals surface area contributed by atoms with Gasteiger partial charge in [-0.1, -0.05) is 66.2 Å². The largest absolute Gasteiger partial charge is 0.337 e. The topological polar surface area (TPSA) is 165 Å². The SMILES string of the molecule is CCCCC(CC)Cn1c2c3sc(-c4ccc(/C=C5\C(=O)c6cc(F)c(F)cc6C5=C(C#N)C#N)s4)c(C)c3sc2c2c3nsnc3c3c4sc5c(C)c(-c6ccc(/C=C7\C(=O)c8cc(F)c(F)cc8C7=C(C#N)C#N)s6)sc5c4n(CC(CC)CCCC)c3c21. The summed E-state index contributed by atoms with van der Waals surface area (Å²) in [6.45, 7) is 15.0. The lowest BCUT2D eigenvalue weighted by Crippen LogP contribution is -2.13. The maximum absolute atomic E-state index is 14.7. The summed E-state index contributed by atoms with van der Waals surface area (Å²) in [5, 5.41) is 42.2. The minimum absolute atomic E-state index is 0.0122. The number of nitrogens with zero attached hydrogens (tertiary/aromatic N) is 8. The van der Waals surface area contributed by atoms with Crippen LogP contribution in [0.25, 0.3) is 115 Å². The predicted octanol–water partition coefficient (Wildman–Crippen LogP) is 21.7. The summed E-state index contributed by atoms with van der Waals surface area (Å²) in [6.07, 6.45) is 11.7. The second kappa shape index (κ2) is 23.5. The number of fused-ring (bicyclic) bond motifs is 16. The zero-order valence-electron chi connectivity index (χ0n) is 49.8. The van der Waals surface area contributed by atoms with Crippen LogP contribution >= 0.6 is 79.7 Å². The van der Waals surface area contributed by atoms with E-state index in [-0.39, 0.29) is 55.7 Å². The Bertz CT molecular complexity index is 5150. The molecule has 0 saturated heterocycles. The van der Waals surface area contributed by atoms with E-state index in [4.69, 9.17) is 8.75 Å². The number of Topliss-reactive ketones (excluding diaryl/α,β-unsaturated/α-hetero) is 2. The van der Waals surface area contributed by atoms with E-state index in [0.29, 0.717) is 21.6 Å². The highest BCUT2D eigenvalue weighted by molar-refractivity contribution is 7.36. The molecule has 2 unspecified atom stereocenters. The molecule has 91 heavy (non-hydrogen) atoms. The maximum atomic E-state index is 14.7. The van der Waals surface area contributed by atoms with Crippen molar-refractivity contribution in [2.45, 2.75) is 106 Å². The van der Waals surface area contributed by atoms with E-state index in [9.17, 15) is 48.2 Å². The first-order valence-corrected chi connectivity index (χ1v) is 35.5. The molecule has 12 aromatic rings. The Morgan fingerprint density at radius 1 is 0.516 bits per heavy atom. The van der Waals surface area contributed by atoms with Gasteiger partial charge in [0.1, 0.15) is 46.5 Å². The fourth-order valence-corrected chi connectivity index (χ4v) is 22.0. The van der Waals surface area contributed by atoms with Gasteiger partial charge in [0.15, 0.2) is 34.8 Å². The smallest absolute Gasteiger partial charge is 0.194 e. The number of carbonyl (C=O) groups excluding carboxylic acids is 2. The molecule has 10 nitrogen and oxygen atoms in total. The highest BCUT2D eigenvalue weighted by Gasteiger charge is 2.38. The van der Waals surface area contributed by atoms with Gasteiger partial charge < -0.3 is 9.13 Å². The van der Waals surface area contributed by atoms with Crippen LogP contribution in [0.3, 0.4) is 0 Å². The van der Waals surface area contributed by atoms with Gasteiger partial charge in [-0.25, -0.2) is 17.6 Å². The molecule has 14 rings (SSSR count). The molecule has 0 saturated carbocycles. The fraction of sp³-hybridized carbons (Fsp3) is 0.257. The van der Waals surface area contributed by atoms with E-state index in [1.165, 1.54) is 73.6 Å². The van der Waals surface area contributed by atoms with Crippen LogP contribution in [0.2, 0.25) is 0 Å². The molecular formula is C70H50F4N8O2S7. The van der Waals surface area contributed by atoms with Crippen molar-refractivity contribution in [2.75, 3.05) is 0 Å². The number of hydrogen-bond donors (Lipinski definition) is 0. The lowest BCUT2D eigenvalue weighted by Gasteiger charge is -2.20. The van der Waals surface area contributed by atoms with Gasteiger partial charge in [0.05, 0.1) is 62.0 Å². The van der Waals surface area contributed by atoms with Gasteiger partial charge in [-0.15, -0.1) is 68.0 Å². The third kappa shape index (κ3) is 9.36. The van der Waals surface area contributed by atoms with Gasteiger partial charge in [-0.2, -0.15) is 29.8 Å². The summed E-state index contributed by atoms with van der Waals surface area (Å²) >= 11 is 11.2. The van der Waals surface area contributed by atoms with Crippen molar-refractivity contribution in [1.29, 1.82) is 21.0 Å². The lowest BCUT2D eigenvalue weighted by molar-refractivity contribution is 0.103. The molecule has 0 aliphatic heterocycles. The Hall–Kier alpha value is -8.22. The van der Waals surface area contributed by atoms with Crippen LogP contribution < -0.4 is 0 Å². The Balaban J connectivity index is 0.964. The molecular weight excluding hydrogens is 1290 g/mol. The van der Waals surface area contributed by atoms with Crippen LogP contribution in [0.1, 0.15) is 132 Å².